The number of hydrogen-bond acceptors (Lipinski definition) is 3. The maximum absolute atomic E-state index is 13.7. The number of nitrogens with zero attached hydrogens (tertiary/aromatic N) is 1. The molecule has 0 spiro atoms. The van der Waals surface area contributed by atoms with E-state index in [1.807, 2.05) is 0 Å². The van der Waals surface area contributed by atoms with E-state index in [-0.39, 0.29) is 17.8 Å². The molecule has 0 fully saturated rings. The molecule has 0 aliphatic heterocycles. The molecule has 0 aromatic heterocycles. The zero-order valence-electron chi connectivity index (χ0n) is 11.0. The molecule has 2 aromatic rings. The largest absolute Gasteiger partial charge is 0.376 e. The van der Waals surface area contributed by atoms with Crippen LogP contribution in [0.2, 0.25) is 0 Å². The first kappa shape index (κ1) is 14.8. The topological polar surface area (TPSA) is 55.2 Å². The molecule has 2 rings (SSSR count). The van der Waals surface area contributed by atoms with Gasteiger partial charge in [-0.2, -0.15) is 4.39 Å². The predicted octanol–water partition coefficient (Wildman–Crippen LogP) is 3.93. The van der Waals surface area contributed by atoms with Crippen LogP contribution >= 0.6 is 0 Å². The maximum Gasteiger partial charge on any atom is 0.304 e. The number of nitro benzene ring substituents is 1. The van der Waals surface area contributed by atoms with E-state index >= 15 is 0 Å². The molecular weight excluding hydrogens is 285 g/mol. The Bertz CT molecular complexity index is 705. The van der Waals surface area contributed by atoms with Crippen molar-refractivity contribution in [3.63, 3.8) is 0 Å². The highest BCUT2D eigenvalue weighted by Gasteiger charge is 2.15. The van der Waals surface area contributed by atoms with Crippen molar-refractivity contribution in [3.05, 3.63) is 69.0 Å². The fourth-order valence-corrected chi connectivity index (χ4v) is 1.82. The summed E-state index contributed by atoms with van der Waals surface area (Å²) < 4.78 is 40.7. The molecule has 0 aliphatic carbocycles. The molecule has 21 heavy (non-hydrogen) atoms. The molecule has 0 bridgehead atoms. The van der Waals surface area contributed by atoms with Gasteiger partial charge >= 0.3 is 5.69 Å². The smallest absolute Gasteiger partial charge is 0.304 e. The Morgan fingerprint density at radius 2 is 1.86 bits per heavy atom. The number of aryl methyl sites for hydroxylation is 1. The average Bonchev–Trinajstić information content (AvgIpc) is 2.43. The first-order chi connectivity index (χ1) is 9.90. The van der Waals surface area contributed by atoms with Gasteiger partial charge in [-0.05, 0) is 30.2 Å². The van der Waals surface area contributed by atoms with Gasteiger partial charge in [-0.15, -0.1) is 0 Å². The lowest BCUT2D eigenvalue weighted by atomic mass is 10.1. The average molecular weight is 296 g/mol. The number of rotatable bonds is 4. The molecular formula is C14H11F3N2O2. The Hall–Kier alpha value is -2.57. The molecule has 0 amide bonds. The first-order valence-corrected chi connectivity index (χ1v) is 6.01. The molecule has 0 atom stereocenters. The lowest BCUT2D eigenvalue weighted by Gasteiger charge is -2.10. The van der Waals surface area contributed by atoms with Crippen molar-refractivity contribution >= 4 is 11.4 Å². The van der Waals surface area contributed by atoms with Crippen molar-refractivity contribution in [3.8, 4) is 0 Å². The van der Waals surface area contributed by atoms with Crippen molar-refractivity contribution in [2.45, 2.75) is 13.5 Å². The van der Waals surface area contributed by atoms with Gasteiger partial charge in [-0.1, -0.05) is 12.1 Å². The highest BCUT2D eigenvalue weighted by molar-refractivity contribution is 5.49. The highest BCUT2D eigenvalue weighted by Crippen LogP contribution is 2.23. The second-order valence-electron chi connectivity index (χ2n) is 4.45. The SMILES string of the molecule is Cc1ccc(F)c(NCc2ccc([N+](=O)[O-])c(F)c2)c1F. The standard InChI is InChI=1S/C14H11F3N2O2/c1-8-2-4-10(15)14(13(8)17)18-7-9-3-5-12(19(20)21)11(16)6-9/h2-6,18H,7H2,1H3. The third-order valence-electron chi connectivity index (χ3n) is 2.96. The van der Waals surface area contributed by atoms with Gasteiger partial charge in [0.15, 0.2) is 5.82 Å². The summed E-state index contributed by atoms with van der Waals surface area (Å²) in [5.74, 6) is -2.48. The van der Waals surface area contributed by atoms with E-state index in [0.717, 1.165) is 18.2 Å². The van der Waals surface area contributed by atoms with Gasteiger partial charge in [-0.3, -0.25) is 10.1 Å². The van der Waals surface area contributed by atoms with Crippen LogP contribution in [-0.2, 0) is 6.54 Å². The Labute approximate surface area is 118 Å². The van der Waals surface area contributed by atoms with E-state index in [1.54, 1.807) is 0 Å². The van der Waals surface area contributed by atoms with Gasteiger partial charge in [0, 0.05) is 12.6 Å². The third-order valence-corrected chi connectivity index (χ3v) is 2.96. The Kier molecular flexibility index (Phi) is 4.11. The summed E-state index contributed by atoms with van der Waals surface area (Å²) in [6, 6.07) is 5.71. The molecule has 0 saturated carbocycles. The van der Waals surface area contributed by atoms with Gasteiger partial charge < -0.3 is 5.32 Å². The van der Waals surface area contributed by atoms with E-state index in [2.05, 4.69) is 5.32 Å². The van der Waals surface area contributed by atoms with Gasteiger partial charge in [0.05, 0.1) is 4.92 Å². The van der Waals surface area contributed by atoms with Gasteiger partial charge in [0.2, 0.25) is 5.82 Å². The van der Waals surface area contributed by atoms with Gasteiger partial charge in [-0.25, -0.2) is 8.78 Å². The van der Waals surface area contributed by atoms with Crippen LogP contribution in [0.3, 0.4) is 0 Å². The Morgan fingerprint density at radius 1 is 1.14 bits per heavy atom. The van der Waals surface area contributed by atoms with Crippen LogP contribution in [-0.4, -0.2) is 4.92 Å². The van der Waals surface area contributed by atoms with E-state index in [4.69, 9.17) is 0 Å². The molecule has 0 heterocycles. The Balaban J connectivity index is 2.19. The summed E-state index contributed by atoms with van der Waals surface area (Å²) >= 11 is 0. The number of nitro groups is 1. The monoisotopic (exact) mass is 296 g/mol. The van der Waals surface area contributed by atoms with E-state index in [0.29, 0.717) is 5.56 Å². The molecule has 1 N–H and O–H groups in total. The fraction of sp³-hybridized carbons (Fsp3) is 0.143. The van der Waals surface area contributed by atoms with Crippen molar-refractivity contribution in [2.75, 3.05) is 5.32 Å². The second-order valence-corrected chi connectivity index (χ2v) is 4.45. The van der Waals surface area contributed by atoms with Crippen molar-refractivity contribution in [1.29, 1.82) is 0 Å². The van der Waals surface area contributed by atoms with Crippen LogP contribution in [0.5, 0.6) is 0 Å². The third kappa shape index (κ3) is 3.13. The first-order valence-electron chi connectivity index (χ1n) is 6.01. The number of nitrogens with one attached hydrogen (secondary N) is 1. The minimum absolute atomic E-state index is 0.0633. The van der Waals surface area contributed by atoms with Gasteiger partial charge in [0.1, 0.15) is 11.5 Å². The number of halogens is 3. The molecule has 4 nitrogen and oxygen atoms in total. The minimum Gasteiger partial charge on any atom is -0.376 e. The normalized spacial score (nSPS) is 10.5. The number of anilines is 1. The van der Waals surface area contributed by atoms with Gasteiger partial charge in [0.25, 0.3) is 0 Å². The van der Waals surface area contributed by atoms with Crippen molar-refractivity contribution in [1.82, 2.24) is 0 Å². The molecule has 0 saturated heterocycles. The zero-order chi connectivity index (χ0) is 15.6. The lowest BCUT2D eigenvalue weighted by Crippen LogP contribution is -2.05. The van der Waals surface area contributed by atoms with Crippen LogP contribution in [0, 0.1) is 34.5 Å². The molecule has 2 aromatic carbocycles. The number of benzene rings is 2. The minimum atomic E-state index is -0.996. The van der Waals surface area contributed by atoms with Crippen LogP contribution in [0.4, 0.5) is 24.5 Å². The van der Waals surface area contributed by atoms with E-state index < -0.39 is 28.1 Å². The zero-order valence-corrected chi connectivity index (χ0v) is 11.0. The molecule has 7 heteroatoms. The summed E-state index contributed by atoms with van der Waals surface area (Å²) in [6.45, 7) is 1.43. The summed E-state index contributed by atoms with van der Waals surface area (Å²) in [6.07, 6.45) is 0. The molecule has 110 valence electrons. The van der Waals surface area contributed by atoms with Crippen LogP contribution in [0.1, 0.15) is 11.1 Å². The summed E-state index contributed by atoms with van der Waals surface area (Å²) in [5, 5.41) is 13.0. The van der Waals surface area contributed by atoms with Crippen LogP contribution in [0.15, 0.2) is 30.3 Å². The summed E-state index contributed by atoms with van der Waals surface area (Å²) in [7, 11) is 0. The van der Waals surface area contributed by atoms with Crippen LogP contribution in [0.25, 0.3) is 0 Å². The highest BCUT2D eigenvalue weighted by atomic mass is 19.1. The summed E-state index contributed by atoms with van der Waals surface area (Å²) in [5.41, 5.74) is -0.354. The number of hydrogen-bond donors (Lipinski definition) is 1. The van der Waals surface area contributed by atoms with E-state index in [1.165, 1.54) is 19.1 Å². The van der Waals surface area contributed by atoms with Crippen molar-refractivity contribution in [2.24, 2.45) is 0 Å². The quantitative estimate of drug-likeness (QED) is 0.687. The molecule has 0 aliphatic rings. The molecule has 0 radical (unpaired) electrons. The van der Waals surface area contributed by atoms with Crippen molar-refractivity contribution < 1.29 is 18.1 Å². The Morgan fingerprint density at radius 3 is 2.48 bits per heavy atom. The maximum atomic E-state index is 13.7. The second kappa shape index (κ2) is 5.82. The molecule has 0 unspecified atom stereocenters. The lowest BCUT2D eigenvalue weighted by molar-refractivity contribution is -0.387. The van der Waals surface area contributed by atoms with E-state index in [9.17, 15) is 23.3 Å². The fourth-order valence-electron chi connectivity index (χ4n) is 1.82. The van der Waals surface area contributed by atoms with Crippen LogP contribution < -0.4 is 5.32 Å². The summed E-state index contributed by atoms with van der Waals surface area (Å²) in [4.78, 5) is 9.65. The predicted molar refractivity (Wildman–Crippen MR) is 71.5 cm³/mol.